The number of nitrogens with zero attached hydrogens (tertiary/aromatic N) is 2. The number of carbonyl (C=O) groups is 1. The van der Waals surface area contributed by atoms with Crippen LogP contribution in [0.3, 0.4) is 0 Å². The van der Waals surface area contributed by atoms with Crippen molar-refractivity contribution >= 4 is 17.3 Å². The third-order valence-electron chi connectivity index (χ3n) is 4.43. The number of hydrogen-bond acceptors (Lipinski definition) is 7. The molecule has 0 spiro atoms. The highest BCUT2D eigenvalue weighted by Crippen LogP contribution is 2.43. The molecule has 0 saturated carbocycles. The van der Waals surface area contributed by atoms with Crippen LogP contribution in [-0.4, -0.2) is 35.3 Å². The van der Waals surface area contributed by atoms with Gasteiger partial charge in [0.15, 0.2) is 17.2 Å². The molecule has 31 heavy (non-hydrogen) atoms. The van der Waals surface area contributed by atoms with Crippen LogP contribution < -0.4 is 14.2 Å². The number of ether oxygens (including phenoxy) is 4. The van der Waals surface area contributed by atoms with E-state index in [2.05, 4.69) is 4.98 Å². The Morgan fingerprint density at radius 3 is 2.68 bits per heavy atom. The lowest BCUT2D eigenvalue weighted by atomic mass is 10.2. The van der Waals surface area contributed by atoms with Crippen LogP contribution in [0.25, 0.3) is 17.1 Å². The first-order chi connectivity index (χ1) is 15.0. The largest absolute Gasteiger partial charge is 0.493 e. The van der Waals surface area contributed by atoms with Gasteiger partial charge < -0.3 is 18.9 Å². The fourth-order valence-corrected chi connectivity index (χ4v) is 3.90. The van der Waals surface area contributed by atoms with Gasteiger partial charge in [-0.05, 0) is 32.2 Å². The van der Waals surface area contributed by atoms with Crippen molar-refractivity contribution in [2.75, 3.05) is 13.7 Å². The minimum absolute atomic E-state index is 0.0276. The molecule has 3 aromatic rings. The molecule has 1 aromatic carbocycles. The number of methoxy groups -OCH3 is 1. The first-order valence-corrected chi connectivity index (χ1v) is 11.3. The standard InChI is InChI=1S/C21H22N2O5S.C2H6/c1-5-26-21(24)19-15-10-27-16-9-17(25-4)18(28-12(2)3)8-14(16)23(15)20(22-19)13-6-7-29-11-13;1-2/h6-9,11-12H,5,10H2,1-4H3;1-2H3. The van der Waals surface area contributed by atoms with E-state index < -0.39 is 5.97 Å². The first kappa shape index (κ1) is 22.7. The number of hydrogen-bond donors (Lipinski definition) is 0. The molecule has 0 saturated heterocycles. The third kappa shape index (κ3) is 4.39. The van der Waals surface area contributed by atoms with E-state index in [0.29, 0.717) is 28.8 Å². The van der Waals surface area contributed by atoms with E-state index in [9.17, 15) is 4.79 Å². The Labute approximate surface area is 186 Å². The maximum absolute atomic E-state index is 12.5. The zero-order chi connectivity index (χ0) is 22.5. The average Bonchev–Trinajstić information content (AvgIpc) is 3.42. The van der Waals surface area contributed by atoms with Gasteiger partial charge in [-0.1, -0.05) is 13.8 Å². The van der Waals surface area contributed by atoms with Gasteiger partial charge in [0.2, 0.25) is 0 Å². The van der Waals surface area contributed by atoms with Crippen molar-refractivity contribution in [1.82, 2.24) is 9.55 Å². The second-order valence-corrected chi connectivity index (χ2v) is 7.50. The van der Waals surface area contributed by atoms with Gasteiger partial charge in [0.05, 0.1) is 31.2 Å². The van der Waals surface area contributed by atoms with E-state index in [1.54, 1.807) is 31.4 Å². The molecule has 0 radical (unpaired) electrons. The van der Waals surface area contributed by atoms with Gasteiger partial charge in [-0.15, -0.1) is 0 Å². The van der Waals surface area contributed by atoms with Gasteiger partial charge in [0, 0.05) is 23.1 Å². The number of fused-ring (bicyclic) bond motifs is 3. The van der Waals surface area contributed by atoms with Crippen molar-refractivity contribution in [2.45, 2.75) is 47.3 Å². The molecule has 0 atom stereocenters. The molecular weight excluding hydrogens is 416 g/mol. The van der Waals surface area contributed by atoms with Gasteiger partial charge in [0.1, 0.15) is 18.2 Å². The van der Waals surface area contributed by atoms with Crippen LogP contribution in [-0.2, 0) is 11.3 Å². The molecule has 4 rings (SSSR count). The fraction of sp³-hybridized carbons (Fsp3) is 0.391. The van der Waals surface area contributed by atoms with E-state index in [-0.39, 0.29) is 25.0 Å². The van der Waals surface area contributed by atoms with Crippen molar-refractivity contribution in [3.63, 3.8) is 0 Å². The zero-order valence-corrected chi connectivity index (χ0v) is 19.5. The Kier molecular flexibility index (Phi) is 7.22. The molecule has 166 valence electrons. The van der Waals surface area contributed by atoms with Crippen molar-refractivity contribution < 1.29 is 23.7 Å². The highest BCUT2D eigenvalue weighted by atomic mass is 32.1. The van der Waals surface area contributed by atoms with E-state index >= 15 is 0 Å². The van der Waals surface area contributed by atoms with Gasteiger partial charge in [-0.3, -0.25) is 4.57 Å². The summed E-state index contributed by atoms with van der Waals surface area (Å²) in [4.78, 5) is 17.2. The summed E-state index contributed by atoms with van der Waals surface area (Å²) in [5.74, 6) is 2.02. The molecule has 0 amide bonds. The summed E-state index contributed by atoms with van der Waals surface area (Å²) in [6.45, 7) is 10.2. The molecule has 8 heteroatoms. The third-order valence-corrected chi connectivity index (χ3v) is 5.12. The molecule has 0 bridgehead atoms. The topological polar surface area (TPSA) is 71.8 Å². The Balaban J connectivity index is 0.00000132. The lowest BCUT2D eigenvalue weighted by Crippen LogP contribution is -2.17. The minimum Gasteiger partial charge on any atom is -0.493 e. The highest BCUT2D eigenvalue weighted by molar-refractivity contribution is 7.08. The predicted molar refractivity (Wildman–Crippen MR) is 121 cm³/mol. The van der Waals surface area contributed by atoms with Crippen LogP contribution in [0, 0.1) is 0 Å². The summed E-state index contributed by atoms with van der Waals surface area (Å²) in [5.41, 5.74) is 2.58. The molecule has 1 aliphatic heterocycles. The molecular formula is C23H28N2O5S. The van der Waals surface area contributed by atoms with Gasteiger partial charge >= 0.3 is 5.97 Å². The summed E-state index contributed by atoms with van der Waals surface area (Å²) in [6, 6.07) is 5.64. The highest BCUT2D eigenvalue weighted by Gasteiger charge is 2.31. The second kappa shape index (κ2) is 9.87. The Morgan fingerprint density at radius 1 is 1.29 bits per heavy atom. The summed E-state index contributed by atoms with van der Waals surface area (Å²) in [6.07, 6.45) is -0.0276. The number of imidazole rings is 1. The smallest absolute Gasteiger partial charge is 0.358 e. The molecule has 0 N–H and O–H groups in total. The minimum atomic E-state index is -0.461. The predicted octanol–water partition coefficient (Wildman–Crippen LogP) is 5.49. The van der Waals surface area contributed by atoms with Crippen molar-refractivity contribution in [3.05, 3.63) is 40.3 Å². The summed E-state index contributed by atoms with van der Waals surface area (Å²) >= 11 is 1.57. The Bertz CT molecular complexity index is 1040. The monoisotopic (exact) mass is 444 g/mol. The van der Waals surface area contributed by atoms with Crippen LogP contribution in [0.15, 0.2) is 29.0 Å². The number of carbonyl (C=O) groups excluding carboxylic acids is 1. The van der Waals surface area contributed by atoms with Crippen LogP contribution in [0.5, 0.6) is 17.2 Å². The molecule has 7 nitrogen and oxygen atoms in total. The van der Waals surface area contributed by atoms with Gasteiger partial charge in [0.25, 0.3) is 0 Å². The van der Waals surface area contributed by atoms with Crippen molar-refractivity contribution in [3.8, 4) is 34.3 Å². The number of benzene rings is 1. The molecule has 2 aromatic heterocycles. The lowest BCUT2D eigenvalue weighted by molar-refractivity contribution is 0.0516. The number of esters is 1. The molecule has 0 unspecified atom stereocenters. The number of rotatable bonds is 6. The SMILES string of the molecule is CC.CCOC(=O)c1nc(-c2ccsc2)n2c1COc1cc(OC)c(OC(C)C)cc1-2. The normalized spacial score (nSPS) is 11.6. The maximum Gasteiger partial charge on any atom is 0.358 e. The van der Waals surface area contributed by atoms with Crippen molar-refractivity contribution in [1.29, 1.82) is 0 Å². The second-order valence-electron chi connectivity index (χ2n) is 6.72. The van der Waals surface area contributed by atoms with E-state index in [1.807, 2.05) is 55.2 Å². The van der Waals surface area contributed by atoms with Crippen LogP contribution in [0.2, 0.25) is 0 Å². The average molecular weight is 445 g/mol. The molecule has 0 aliphatic carbocycles. The van der Waals surface area contributed by atoms with E-state index in [0.717, 1.165) is 11.3 Å². The Morgan fingerprint density at radius 2 is 2.06 bits per heavy atom. The molecule has 0 fully saturated rings. The lowest BCUT2D eigenvalue weighted by Gasteiger charge is -2.24. The van der Waals surface area contributed by atoms with Crippen LogP contribution >= 0.6 is 11.3 Å². The van der Waals surface area contributed by atoms with Gasteiger partial charge in [-0.25, -0.2) is 9.78 Å². The summed E-state index contributed by atoms with van der Waals surface area (Å²) in [5, 5.41) is 3.97. The zero-order valence-electron chi connectivity index (χ0n) is 18.7. The Hall–Kier alpha value is -3.00. The summed E-state index contributed by atoms with van der Waals surface area (Å²) in [7, 11) is 1.59. The van der Waals surface area contributed by atoms with E-state index in [1.165, 1.54) is 0 Å². The quantitative estimate of drug-likeness (QED) is 0.468. The fourth-order valence-electron chi connectivity index (χ4n) is 3.27. The van der Waals surface area contributed by atoms with Gasteiger partial charge in [-0.2, -0.15) is 11.3 Å². The van der Waals surface area contributed by atoms with Crippen molar-refractivity contribution in [2.24, 2.45) is 0 Å². The number of thiophene rings is 1. The first-order valence-electron chi connectivity index (χ1n) is 10.4. The summed E-state index contributed by atoms with van der Waals surface area (Å²) < 4.78 is 24.5. The maximum atomic E-state index is 12.5. The van der Waals surface area contributed by atoms with Crippen LogP contribution in [0.1, 0.15) is 50.8 Å². The molecule has 3 heterocycles. The van der Waals surface area contributed by atoms with Crippen LogP contribution in [0.4, 0.5) is 0 Å². The number of aromatic nitrogens is 2. The molecule has 1 aliphatic rings. The van der Waals surface area contributed by atoms with E-state index in [4.69, 9.17) is 18.9 Å².